The van der Waals surface area contributed by atoms with Gasteiger partial charge in [-0.2, -0.15) is 0 Å². The van der Waals surface area contributed by atoms with Gasteiger partial charge in [-0.3, -0.25) is 9.59 Å². The van der Waals surface area contributed by atoms with E-state index in [1.54, 1.807) is 24.3 Å². The van der Waals surface area contributed by atoms with E-state index in [4.69, 9.17) is 9.47 Å². The van der Waals surface area contributed by atoms with E-state index < -0.39 is 0 Å². The van der Waals surface area contributed by atoms with Gasteiger partial charge in [0.1, 0.15) is 6.10 Å². The highest BCUT2D eigenvalue weighted by Gasteiger charge is 2.67. The van der Waals surface area contributed by atoms with Crippen LogP contribution in [0.15, 0.2) is 24.3 Å². The minimum absolute atomic E-state index is 0.0432. The summed E-state index contributed by atoms with van der Waals surface area (Å²) in [4.78, 5) is 36.8. The highest BCUT2D eigenvalue weighted by molar-refractivity contribution is 9.09. The zero-order valence-electron chi connectivity index (χ0n) is 14.3. The first-order chi connectivity index (χ1) is 12.5. The molecule has 1 aromatic carbocycles. The molecule has 6 atom stereocenters. The molecule has 0 radical (unpaired) electrons. The largest absolute Gasteiger partial charge is 0.462 e. The molecule has 26 heavy (non-hydrogen) atoms. The number of nitrogens with one attached hydrogen (secondary N) is 1. The third-order valence-corrected chi connectivity index (χ3v) is 6.85. The van der Waals surface area contributed by atoms with Crippen LogP contribution in [-0.2, 0) is 19.1 Å². The number of alkyl halides is 1. The van der Waals surface area contributed by atoms with Gasteiger partial charge in [0, 0.05) is 11.6 Å². The predicted molar refractivity (Wildman–Crippen MR) is 96.8 cm³/mol. The van der Waals surface area contributed by atoms with Crippen molar-refractivity contribution >= 4 is 39.5 Å². The Hall–Kier alpha value is -1.89. The van der Waals surface area contributed by atoms with Crippen LogP contribution in [0, 0.1) is 23.7 Å². The lowest BCUT2D eigenvalue weighted by molar-refractivity contribution is -0.145. The van der Waals surface area contributed by atoms with E-state index in [9.17, 15) is 14.4 Å². The zero-order chi connectivity index (χ0) is 18.4. The number of ether oxygens (including phenoxy) is 2. The van der Waals surface area contributed by atoms with Crippen molar-refractivity contribution in [3.63, 3.8) is 0 Å². The maximum Gasteiger partial charge on any atom is 0.338 e. The lowest BCUT2D eigenvalue weighted by atomic mass is 9.79. The fraction of sp³-hybridized carbons (Fsp3) is 0.526. The molecule has 3 aliphatic rings. The molecule has 0 aromatic heterocycles. The SMILES string of the molecule is CCCOC(=O)c1ccc(NC(=O)[C@H]2[C@H]3C[C@H]4[C@H](OC(=O)[C@@H]42)[C@@H]3Br)cc1. The summed E-state index contributed by atoms with van der Waals surface area (Å²) in [5, 5.41) is 2.88. The lowest BCUT2D eigenvalue weighted by Crippen LogP contribution is -2.40. The first-order valence-corrected chi connectivity index (χ1v) is 9.85. The maximum absolute atomic E-state index is 12.8. The van der Waals surface area contributed by atoms with Gasteiger partial charge in [-0.25, -0.2) is 4.79 Å². The molecule has 2 aliphatic carbocycles. The minimum Gasteiger partial charge on any atom is -0.462 e. The van der Waals surface area contributed by atoms with Crippen molar-refractivity contribution in [1.82, 2.24) is 0 Å². The van der Waals surface area contributed by atoms with Crippen LogP contribution in [0.1, 0.15) is 30.1 Å². The second-order valence-electron chi connectivity index (χ2n) is 7.16. The van der Waals surface area contributed by atoms with Gasteiger partial charge in [0.15, 0.2) is 0 Å². The van der Waals surface area contributed by atoms with E-state index >= 15 is 0 Å². The standard InChI is InChI=1S/C19H20BrNO5/c1-2-7-25-18(23)9-3-5-10(6-4-9)21-17(22)13-11-8-12-14(13)19(24)26-16(12)15(11)20/h3-6,11-16H,2,7-8H2,1H3,(H,21,22)/t11-,12-,13+,14+,15-,16+/m1/s1. The number of esters is 2. The average Bonchev–Trinajstić information content (AvgIpc) is 3.24. The van der Waals surface area contributed by atoms with Crippen molar-refractivity contribution in [2.75, 3.05) is 11.9 Å². The summed E-state index contributed by atoms with van der Waals surface area (Å²) in [5.74, 6) is -1.23. The summed E-state index contributed by atoms with van der Waals surface area (Å²) in [6.07, 6.45) is 1.52. The van der Waals surface area contributed by atoms with E-state index in [1.165, 1.54) is 0 Å². The smallest absolute Gasteiger partial charge is 0.338 e. The summed E-state index contributed by atoms with van der Waals surface area (Å²) in [7, 11) is 0. The van der Waals surface area contributed by atoms with Gasteiger partial charge in [-0.05, 0) is 43.0 Å². The molecule has 0 unspecified atom stereocenters. The van der Waals surface area contributed by atoms with Crippen molar-refractivity contribution in [2.24, 2.45) is 23.7 Å². The molecule has 6 nitrogen and oxygen atoms in total. The molecule has 7 heteroatoms. The molecule has 1 aliphatic heterocycles. The summed E-state index contributed by atoms with van der Waals surface area (Å²) in [6.45, 7) is 2.31. The van der Waals surface area contributed by atoms with E-state index in [0.29, 0.717) is 17.9 Å². The number of anilines is 1. The molecular formula is C19H20BrNO5. The van der Waals surface area contributed by atoms with Crippen LogP contribution in [0.5, 0.6) is 0 Å². The molecule has 1 aromatic rings. The second-order valence-corrected chi connectivity index (χ2v) is 8.22. The van der Waals surface area contributed by atoms with Crippen LogP contribution in [-0.4, -0.2) is 35.4 Å². The van der Waals surface area contributed by atoms with Gasteiger partial charge in [0.2, 0.25) is 5.91 Å². The van der Waals surface area contributed by atoms with Gasteiger partial charge in [0.05, 0.1) is 28.8 Å². The summed E-state index contributed by atoms with van der Waals surface area (Å²) < 4.78 is 10.5. The van der Waals surface area contributed by atoms with Crippen LogP contribution in [0.25, 0.3) is 0 Å². The Morgan fingerprint density at radius 3 is 2.69 bits per heavy atom. The van der Waals surface area contributed by atoms with E-state index in [-0.39, 0.29) is 52.4 Å². The Kier molecular flexibility index (Phi) is 4.50. The molecule has 2 bridgehead atoms. The van der Waals surface area contributed by atoms with Gasteiger partial charge >= 0.3 is 11.9 Å². The van der Waals surface area contributed by atoms with E-state index in [2.05, 4.69) is 21.2 Å². The van der Waals surface area contributed by atoms with Crippen LogP contribution >= 0.6 is 15.9 Å². The number of fused-ring (bicyclic) bond motifs is 1. The first-order valence-electron chi connectivity index (χ1n) is 8.94. The highest BCUT2D eigenvalue weighted by atomic mass is 79.9. The fourth-order valence-electron chi connectivity index (χ4n) is 4.52. The zero-order valence-corrected chi connectivity index (χ0v) is 15.9. The number of carbonyl (C=O) groups excluding carboxylic acids is 3. The molecule has 1 saturated heterocycles. The molecule has 3 fully saturated rings. The number of rotatable bonds is 5. The Balaban J connectivity index is 1.44. The average molecular weight is 422 g/mol. The maximum atomic E-state index is 12.8. The number of hydrogen-bond acceptors (Lipinski definition) is 5. The molecule has 1 N–H and O–H groups in total. The quantitative estimate of drug-likeness (QED) is 0.583. The van der Waals surface area contributed by atoms with Gasteiger partial charge in [-0.15, -0.1) is 0 Å². The van der Waals surface area contributed by atoms with Crippen LogP contribution < -0.4 is 5.32 Å². The number of amides is 1. The topological polar surface area (TPSA) is 81.7 Å². The van der Waals surface area contributed by atoms with E-state index in [0.717, 1.165) is 12.8 Å². The number of carbonyl (C=O) groups is 3. The minimum atomic E-state index is -0.375. The second kappa shape index (κ2) is 6.68. The third-order valence-electron chi connectivity index (χ3n) is 5.65. The Bertz CT molecular complexity index is 749. The van der Waals surface area contributed by atoms with Crippen LogP contribution in [0.4, 0.5) is 5.69 Å². The number of hydrogen-bond donors (Lipinski definition) is 1. The Morgan fingerprint density at radius 1 is 1.27 bits per heavy atom. The van der Waals surface area contributed by atoms with Crippen molar-refractivity contribution in [3.8, 4) is 0 Å². The molecule has 1 heterocycles. The van der Waals surface area contributed by atoms with E-state index in [1.807, 2.05) is 6.92 Å². The Labute approximate surface area is 159 Å². The molecular weight excluding hydrogens is 402 g/mol. The Morgan fingerprint density at radius 2 is 2.00 bits per heavy atom. The first kappa shape index (κ1) is 17.5. The van der Waals surface area contributed by atoms with Gasteiger partial charge in [-0.1, -0.05) is 22.9 Å². The predicted octanol–water partition coefficient (Wildman–Crippen LogP) is 2.76. The highest BCUT2D eigenvalue weighted by Crippen LogP contribution is 2.60. The number of halogens is 1. The van der Waals surface area contributed by atoms with Crippen molar-refractivity contribution in [3.05, 3.63) is 29.8 Å². The fourth-order valence-corrected chi connectivity index (χ4v) is 5.57. The summed E-state index contributed by atoms with van der Waals surface area (Å²) >= 11 is 3.61. The molecule has 1 amide bonds. The molecule has 138 valence electrons. The van der Waals surface area contributed by atoms with Crippen LogP contribution in [0.2, 0.25) is 0 Å². The summed E-state index contributed by atoms with van der Waals surface area (Å²) in [5.41, 5.74) is 1.04. The monoisotopic (exact) mass is 421 g/mol. The number of benzene rings is 1. The molecule has 0 spiro atoms. The van der Waals surface area contributed by atoms with Crippen molar-refractivity contribution in [1.29, 1.82) is 0 Å². The third kappa shape index (κ3) is 2.73. The normalized spacial score (nSPS) is 33.8. The van der Waals surface area contributed by atoms with Crippen LogP contribution in [0.3, 0.4) is 0 Å². The summed E-state index contributed by atoms with van der Waals surface area (Å²) in [6, 6.07) is 6.60. The molecule has 4 rings (SSSR count). The van der Waals surface area contributed by atoms with Crippen molar-refractivity contribution < 1.29 is 23.9 Å². The molecule has 2 saturated carbocycles. The van der Waals surface area contributed by atoms with Gasteiger partial charge in [0.25, 0.3) is 0 Å². The lowest BCUT2D eigenvalue weighted by Gasteiger charge is -2.27. The van der Waals surface area contributed by atoms with Crippen molar-refractivity contribution in [2.45, 2.75) is 30.7 Å². The van der Waals surface area contributed by atoms with Gasteiger partial charge < -0.3 is 14.8 Å².